The van der Waals surface area contributed by atoms with Crippen LogP contribution in [-0.2, 0) is 12.7 Å². The number of alkyl halides is 3. The van der Waals surface area contributed by atoms with E-state index in [4.69, 9.17) is 11.6 Å². The number of hydrogen-bond donors (Lipinski definition) is 2. The summed E-state index contributed by atoms with van der Waals surface area (Å²) in [5.74, 6) is -1.66. The van der Waals surface area contributed by atoms with Crippen LogP contribution in [-0.4, -0.2) is 21.2 Å². The molecular weight excluding hydrogens is 387 g/mol. The van der Waals surface area contributed by atoms with Gasteiger partial charge in [0.05, 0.1) is 12.2 Å². The van der Waals surface area contributed by atoms with Crippen molar-refractivity contribution in [3.05, 3.63) is 59.2 Å². The molecule has 27 heavy (non-hydrogen) atoms. The van der Waals surface area contributed by atoms with Gasteiger partial charge in [-0.1, -0.05) is 16.8 Å². The van der Waals surface area contributed by atoms with E-state index >= 15 is 0 Å². The van der Waals surface area contributed by atoms with Gasteiger partial charge in [0.2, 0.25) is 5.82 Å². The largest absolute Gasteiger partial charge is 0.471 e. The average molecular weight is 398 g/mol. The molecule has 0 radical (unpaired) electrons. The van der Waals surface area contributed by atoms with Crippen molar-refractivity contribution in [1.82, 2.24) is 20.4 Å². The molecular formula is C16H11ClF3N5O2. The summed E-state index contributed by atoms with van der Waals surface area (Å²) >= 11 is 5.76. The number of pyridine rings is 1. The van der Waals surface area contributed by atoms with Crippen LogP contribution in [0.15, 0.2) is 47.1 Å². The number of anilines is 1. The molecule has 0 saturated carbocycles. The van der Waals surface area contributed by atoms with Crippen LogP contribution in [0.5, 0.6) is 0 Å². The maximum atomic E-state index is 12.5. The number of carbonyl (C=O) groups is 1. The summed E-state index contributed by atoms with van der Waals surface area (Å²) in [5, 5.41) is 9.04. The summed E-state index contributed by atoms with van der Waals surface area (Å²) in [4.78, 5) is 19.2. The smallest absolute Gasteiger partial charge is 0.332 e. The number of aromatic nitrogens is 3. The molecule has 0 spiro atoms. The fourth-order valence-electron chi connectivity index (χ4n) is 2.00. The van der Waals surface area contributed by atoms with E-state index < -0.39 is 18.1 Å². The van der Waals surface area contributed by atoms with Gasteiger partial charge in [-0.25, -0.2) is 4.79 Å². The number of nitrogens with zero attached hydrogens (tertiary/aromatic N) is 3. The zero-order chi connectivity index (χ0) is 19.4. The number of halogens is 4. The summed E-state index contributed by atoms with van der Waals surface area (Å²) in [6, 6.07) is 9.13. The van der Waals surface area contributed by atoms with Crippen LogP contribution >= 0.6 is 11.6 Å². The molecule has 3 rings (SSSR count). The molecule has 0 aliphatic carbocycles. The predicted molar refractivity (Wildman–Crippen MR) is 89.8 cm³/mol. The van der Waals surface area contributed by atoms with Gasteiger partial charge >= 0.3 is 18.1 Å². The van der Waals surface area contributed by atoms with E-state index in [0.717, 1.165) is 0 Å². The Hall–Kier alpha value is -3.14. The lowest BCUT2D eigenvalue weighted by molar-refractivity contribution is -0.159. The van der Waals surface area contributed by atoms with Gasteiger partial charge in [-0.05, 0) is 36.4 Å². The molecule has 0 aliphatic rings. The summed E-state index contributed by atoms with van der Waals surface area (Å²) in [6.07, 6.45) is -3.42. The highest BCUT2D eigenvalue weighted by Crippen LogP contribution is 2.29. The van der Waals surface area contributed by atoms with Gasteiger partial charge < -0.3 is 15.2 Å². The zero-order valence-corrected chi connectivity index (χ0v) is 14.2. The van der Waals surface area contributed by atoms with Crippen LogP contribution < -0.4 is 10.6 Å². The van der Waals surface area contributed by atoms with Crippen LogP contribution in [0.4, 0.5) is 23.7 Å². The summed E-state index contributed by atoms with van der Waals surface area (Å²) in [7, 11) is 0. The number of benzene rings is 1. The van der Waals surface area contributed by atoms with Crippen molar-refractivity contribution < 1.29 is 22.5 Å². The lowest BCUT2D eigenvalue weighted by Crippen LogP contribution is -2.28. The van der Waals surface area contributed by atoms with Crippen molar-refractivity contribution in [3.8, 4) is 11.4 Å². The molecule has 0 saturated heterocycles. The molecule has 2 heterocycles. The lowest BCUT2D eigenvalue weighted by Gasteiger charge is -2.07. The molecule has 2 amide bonds. The second-order valence-corrected chi connectivity index (χ2v) is 5.71. The Bertz CT molecular complexity index is 926. The van der Waals surface area contributed by atoms with Gasteiger partial charge in [-0.2, -0.15) is 18.2 Å². The van der Waals surface area contributed by atoms with Crippen molar-refractivity contribution in [1.29, 1.82) is 0 Å². The first kappa shape index (κ1) is 18.6. The SMILES string of the molecule is O=C(NCc1ccc(-c2noc(C(F)(F)F)n2)cn1)Nc1ccc(Cl)cc1. The van der Waals surface area contributed by atoms with Gasteiger partial charge in [0, 0.05) is 22.5 Å². The molecule has 140 valence electrons. The molecule has 1 aromatic carbocycles. The Morgan fingerprint density at radius 3 is 2.48 bits per heavy atom. The molecule has 11 heteroatoms. The van der Waals surface area contributed by atoms with Crippen LogP contribution in [0.1, 0.15) is 11.6 Å². The van der Waals surface area contributed by atoms with Gasteiger partial charge in [-0.3, -0.25) is 4.98 Å². The Morgan fingerprint density at radius 1 is 1.15 bits per heavy atom. The van der Waals surface area contributed by atoms with Crippen LogP contribution in [0.3, 0.4) is 0 Å². The van der Waals surface area contributed by atoms with Crippen LogP contribution in [0.2, 0.25) is 5.02 Å². The predicted octanol–water partition coefficient (Wildman–Crippen LogP) is 4.13. The number of carbonyl (C=O) groups excluding carboxylic acids is 1. The Morgan fingerprint density at radius 2 is 1.89 bits per heavy atom. The highest BCUT2D eigenvalue weighted by atomic mass is 35.5. The number of urea groups is 1. The van der Waals surface area contributed by atoms with E-state index in [1.54, 1.807) is 24.3 Å². The fourth-order valence-corrected chi connectivity index (χ4v) is 2.12. The van der Waals surface area contributed by atoms with E-state index in [1.807, 2.05) is 0 Å². The first-order valence-corrected chi connectivity index (χ1v) is 7.86. The second kappa shape index (κ2) is 7.62. The molecule has 0 fully saturated rings. The van der Waals surface area contributed by atoms with E-state index in [1.165, 1.54) is 18.3 Å². The molecule has 0 aliphatic heterocycles. The van der Waals surface area contributed by atoms with Crippen molar-refractivity contribution >= 4 is 23.3 Å². The summed E-state index contributed by atoms with van der Waals surface area (Å²) in [5.41, 5.74) is 1.31. The summed E-state index contributed by atoms with van der Waals surface area (Å²) < 4.78 is 41.6. The molecule has 7 nitrogen and oxygen atoms in total. The molecule has 2 N–H and O–H groups in total. The maximum absolute atomic E-state index is 12.5. The van der Waals surface area contributed by atoms with Gasteiger partial charge in [0.1, 0.15) is 0 Å². The third kappa shape index (κ3) is 4.94. The number of hydrogen-bond acceptors (Lipinski definition) is 5. The monoisotopic (exact) mass is 397 g/mol. The minimum absolute atomic E-state index is 0.111. The third-order valence-corrected chi connectivity index (χ3v) is 3.54. The van der Waals surface area contributed by atoms with E-state index in [2.05, 4.69) is 30.3 Å². The van der Waals surface area contributed by atoms with Crippen molar-refractivity contribution in [2.45, 2.75) is 12.7 Å². The van der Waals surface area contributed by atoms with Crippen LogP contribution in [0, 0.1) is 0 Å². The van der Waals surface area contributed by atoms with E-state index in [9.17, 15) is 18.0 Å². The van der Waals surface area contributed by atoms with Gasteiger partial charge in [-0.15, -0.1) is 0 Å². The number of amides is 2. The van der Waals surface area contributed by atoms with Gasteiger partial charge in [0.15, 0.2) is 0 Å². The van der Waals surface area contributed by atoms with E-state index in [-0.39, 0.29) is 17.9 Å². The second-order valence-electron chi connectivity index (χ2n) is 5.27. The minimum atomic E-state index is -4.71. The normalized spacial score (nSPS) is 11.3. The minimum Gasteiger partial charge on any atom is -0.332 e. The quantitative estimate of drug-likeness (QED) is 0.690. The Balaban J connectivity index is 1.56. The third-order valence-electron chi connectivity index (χ3n) is 3.28. The average Bonchev–Trinajstić information content (AvgIpc) is 3.13. The topological polar surface area (TPSA) is 92.9 Å². The summed E-state index contributed by atoms with van der Waals surface area (Å²) in [6.45, 7) is 0.111. The Kier molecular flexibility index (Phi) is 5.26. The first-order chi connectivity index (χ1) is 12.8. The van der Waals surface area contributed by atoms with Crippen LogP contribution in [0.25, 0.3) is 11.4 Å². The standard InChI is InChI=1S/C16H11ClF3N5O2/c17-10-2-5-11(6-3-10)23-15(26)22-8-12-4-1-9(7-21-12)13-24-14(27-25-13)16(18,19)20/h1-7H,8H2,(H2,22,23,26). The van der Waals surface area contributed by atoms with Gasteiger partial charge in [0.25, 0.3) is 0 Å². The highest BCUT2D eigenvalue weighted by Gasteiger charge is 2.38. The van der Waals surface area contributed by atoms with E-state index in [0.29, 0.717) is 16.4 Å². The fraction of sp³-hybridized carbons (Fsp3) is 0.125. The van der Waals surface area contributed by atoms with Crippen molar-refractivity contribution in [2.24, 2.45) is 0 Å². The molecule has 3 aromatic rings. The van der Waals surface area contributed by atoms with Crippen molar-refractivity contribution in [2.75, 3.05) is 5.32 Å². The molecule has 0 bridgehead atoms. The molecule has 0 atom stereocenters. The number of nitrogens with one attached hydrogen (secondary N) is 2. The Labute approximate surface area is 155 Å². The molecule has 2 aromatic heterocycles. The zero-order valence-electron chi connectivity index (χ0n) is 13.4. The molecule has 0 unspecified atom stereocenters. The lowest BCUT2D eigenvalue weighted by atomic mass is 10.2. The first-order valence-electron chi connectivity index (χ1n) is 7.48. The maximum Gasteiger partial charge on any atom is 0.471 e. The van der Waals surface area contributed by atoms with Crippen molar-refractivity contribution in [3.63, 3.8) is 0 Å². The highest BCUT2D eigenvalue weighted by molar-refractivity contribution is 6.30. The number of rotatable bonds is 4.